The summed E-state index contributed by atoms with van der Waals surface area (Å²) in [7, 11) is 0. The normalized spacial score (nSPS) is 10.7. The van der Waals surface area contributed by atoms with Crippen LogP contribution < -0.4 is 0 Å². The van der Waals surface area contributed by atoms with Gasteiger partial charge in [-0.3, -0.25) is 4.79 Å². The molecule has 0 saturated heterocycles. The van der Waals surface area contributed by atoms with Crippen LogP contribution in [0.2, 0.25) is 0 Å². The maximum Gasteiger partial charge on any atom is 0.133 e. The van der Waals surface area contributed by atoms with Gasteiger partial charge >= 0.3 is 0 Å². The molecule has 0 radical (unpaired) electrons. The molecule has 1 N–H and O–H groups in total. The first-order valence-corrected chi connectivity index (χ1v) is 4.79. The minimum atomic E-state index is 0.248. The maximum absolute atomic E-state index is 11.2. The zero-order valence-corrected chi connectivity index (χ0v) is 8.18. The molecule has 0 unspecified atom stereocenters. The van der Waals surface area contributed by atoms with E-state index in [0.717, 1.165) is 19.3 Å². The van der Waals surface area contributed by atoms with Crippen LogP contribution in [0.5, 0.6) is 0 Å². The van der Waals surface area contributed by atoms with Gasteiger partial charge < -0.3 is 5.11 Å². The van der Waals surface area contributed by atoms with E-state index in [1.54, 1.807) is 0 Å². The highest BCUT2D eigenvalue weighted by Crippen LogP contribution is 2.06. The van der Waals surface area contributed by atoms with E-state index in [2.05, 4.69) is 13.8 Å². The molecule has 0 aliphatic heterocycles. The van der Waals surface area contributed by atoms with Crippen LogP contribution in [0.25, 0.3) is 0 Å². The first kappa shape index (κ1) is 11.6. The van der Waals surface area contributed by atoms with Gasteiger partial charge in [-0.25, -0.2) is 0 Å². The molecule has 0 aromatic carbocycles. The lowest BCUT2D eigenvalue weighted by Crippen LogP contribution is -2.02. The van der Waals surface area contributed by atoms with Crippen molar-refractivity contribution in [2.24, 2.45) is 5.92 Å². The number of Topliss-reactive ketones (excluding diaryl/α,β-unsaturated/α-hetero) is 1. The molecule has 0 heterocycles. The van der Waals surface area contributed by atoms with E-state index >= 15 is 0 Å². The molecule has 0 spiro atoms. The molecule has 0 atom stereocenters. The van der Waals surface area contributed by atoms with Gasteiger partial charge in [0, 0.05) is 19.4 Å². The number of aliphatic hydroxyl groups is 1. The van der Waals surface area contributed by atoms with E-state index in [-0.39, 0.29) is 6.61 Å². The van der Waals surface area contributed by atoms with Gasteiger partial charge in [-0.1, -0.05) is 20.3 Å². The summed E-state index contributed by atoms with van der Waals surface area (Å²) in [5, 5.41) is 8.49. The molecule has 0 rings (SSSR count). The second kappa shape index (κ2) is 7.29. The Morgan fingerprint density at radius 1 is 1.25 bits per heavy atom. The molecular formula is C10H20O2. The minimum Gasteiger partial charge on any atom is -0.396 e. The number of ketones is 1. The average molecular weight is 172 g/mol. The Kier molecular flexibility index (Phi) is 7.06. The molecule has 0 aromatic rings. The summed E-state index contributed by atoms with van der Waals surface area (Å²) in [5.74, 6) is 0.846. The van der Waals surface area contributed by atoms with Crippen molar-refractivity contribution in [3.8, 4) is 0 Å². The Balaban J connectivity index is 3.20. The maximum atomic E-state index is 11.2. The van der Waals surface area contributed by atoms with Gasteiger partial charge in [0.1, 0.15) is 5.78 Å². The number of hydrogen-bond acceptors (Lipinski definition) is 2. The van der Waals surface area contributed by atoms with Crippen LogP contribution in [-0.4, -0.2) is 17.5 Å². The second-order valence-electron chi connectivity index (χ2n) is 3.67. The molecule has 2 heteroatoms. The number of rotatable bonds is 7. The SMILES string of the molecule is CC(C)CC(=O)CCCCCO. The van der Waals surface area contributed by atoms with Crippen LogP contribution in [0.1, 0.15) is 46.0 Å². The highest BCUT2D eigenvalue weighted by atomic mass is 16.2. The van der Waals surface area contributed by atoms with Gasteiger partial charge in [-0.15, -0.1) is 0 Å². The molecule has 72 valence electrons. The highest BCUT2D eigenvalue weighted by Gasteiger charge is 2.03. The Morgan fingerprint density at radius 3 is 2.42 bits per heavy atom. The zero-order valence-electron chi connectivity index (χ0n) is 8.18. The van der Waals surface area contributed by atoms with Crippen molar-refractivity contribution in [3.63, 3.8) is 0 Å². The van der Waals surface area contributed by atoms with E-state index in [9.17, 15) is 4.79 Å². The van der Waals surface area contributed by atoms with Crippen molar-refractivity contribution >= 4 is 5.78 Å². The van der Waals surface area contributed by atoms with E-state index in [1.807, 2.05) is 0 Å². The number of hydrogen-bond donors (Lipinski definition) is 1. The molecule has 0 aliphatic carbocycles. The lowest BCUT2D eigenvalue weighted by Gasteiger charge is -2.02. The molecule has 2 nitrogen and oxygen atoms in total. The molecule has 0 aromatic heterocycles. The topological polar surface area (TPSA) is 37.3 Å². The standard InChI is InChI=1S/C10H20O2/c1-9(2)8-10(12)6-4-3-5-7-11/h9,11H,3-8H2,1-2H3. The van der Waals surface area contributed by atoms with Crippen molar-refractivity contribution in [2.75, 3.05) is 6.61 Å². The summed E-state index contributed by atoms with van der Waals surface area (Å²) < 4.78 is 0. The lowest BCUT2D eigenvalue weighted by molar-refractivity contribution is -0.119. The third-order valence-corrected chi connectivity index (χ3v) is 1.75. The van der Waals surface area contributed by atoms with Crippen LogP contribution in [0.4, 0.5) is 0 Å². The minimum absolute atomic E-state index is 0.248. The Morgan fingerprint density at radius 2 is 1.92 bits per heavy atom. The van der Waals surface area contributed by atoms with Gasteiger partial charge in [0.05, 0.1) is 0 Å². The summed E-state index contributed by atoms with van der Waals surface area (Å²) in [6.07, 6.45) is 4.14. The van der Waals surface area contributed by atoms with Gasteiger partial charge in [-0.05, 0) is 18.8 Å². The van der Waals surface area contributed by atoms with Crippen LogP contribution in [-0.2, 0) is 4.79 Å². The van der Waals surface area contributed by atoms with E-state index in [4.69, 9.17) is 5.11 Å². The predicted octanol–water partition coefficient (Wildman–Crippen LogP) is 2.15. The van der Waals surface area contributed by atoms with Crippen molar-refractivity contribution in [1.29, 1.82) is 0 Å². The third kappa shape index (κ3) is 7.73. The summed E-state index contributed by atoms with van der Waals surface area (Å²) in [6, 6.07) is 0. The van der Waals surface area contributed by atoms with Crippen LogP contribution in [0.15, 0.2) is 0 Å². The van der Waals surface area contributed by atoms with Crippen molar-refractivity contribution in [2.45, 2.75) is 46.0 Å². The van der Waals surface area contributed by atoms with E-state index < -0.39 is 0 Å². The van der Waals surface area contributed by atoms with Gasteiger partial charge in [0.25, 0.3) is 0 Å². The number of unbranched alkanes of at least 4 members (excludes halogenated alkanes) is 2. The summed E-state index contributed by atoms with van der Waals surface area (Å²) in [5.41, 5.74) is 0. The summed E-state index contributed by atoms with van der Waals surface area (Å²) in [6.45, 7) is 4.37. The highest BCUT2D eigenvalue weighted by molar-refractivity contribution is 5.78. The number of aliphatic hydroxyl groups excluding tert-OH is 1. The largest absolute Gasteiger partial charge is 0.396 e. The Labute approximate surface area is 75.0 Å². The quantitative estimate of drug-likeness (QED) is 0.597. The lowest BCUT2D eigenvalue weighted by atomic mass is 10.0. The van der Waals surface area contributed by atoms with E-state index in [1.165, 1.54) is 0 Å². The molecule has 0 amide bonds. The van der Waals surface area contributed by atoms with Crippen LogP contribution in [0, 0.1) is 5.92 Å². The fraction of sp³-hybridized carbons (Fsp3) is 0.900. The molecule has 0 aliphatic rings. The van der Waals surface area contributed by atoms with E-state index in [0.29, 0.717) is 24.5 Å². The predicted molar refractivity (Wildman–Crippen MR) is 50.0 cm³/mol. The Hall–Kier alpha value is -0.370. The van der Waals surface area contributed by atoms with Gasteiger partial charge in [0.15, 0.2) is 0 Å². The summed E-state index contributed by atoms with van der Waals surface area (Å²) >= 11 is 0. The first-order chi connectivity index (χ1) is 5.66. The van der Waals surface area contributed by atoms with Gasteiger partial charge in [-0.2, -0.15) is 0 Å². The smallest absolute Gasteiger partial charge is 0.133 e. The fourth-order valence-electron chi connectivity index (χ4n) is 1.17. The monoisotopic (exact) mass is 172 g/mol. The molecule has 0 fully saturated rings. The summed E-state index contributed by atoms with van der Waals surface area (Å²) in [4.78, 5) is 11.2. The number of carbonyl (C=O) groups is 1. The molecule has 0 saturated carbocycles. The van der Waals surface area contributed by atoms with Crippen molar-refractivity contribution < 1.29 is 9.90 Å². The number of carbonyl (C=O) groups excluding carboxylic acids is 1. The van der Waals surface area contributed by atoms with Crippen LogP contribution >= 0.6 is 0 Å². The zero-order chi connectivity index (χ0) is 9.40. The second-order valence-corrected chi connectivity index (χ2v) is 3.67. The molecule has 12 heavy (non-hydrogen) atoms. The Bertz CT molecular complexity index is 119. The average Bonchev–Trinajstić information content (AvgIpc) is 1.97. The van der Waals surface area contributed by atoms with Crippen LogP contribution in [0.3, 0.4) is 0 Å². The van der Waals surface area contributed by atoms with Crippen molar-refractivity contribution in [1.82, 2.24) is 0 Å². The third-order valence-electron chi connectivity index (χ3n) is 1.75. The fourth-order valence-corrected chi connectivity index (χ4v) is 1.17. The molecular weight excluding hydrogens is 152 g/mol. The first-order valence-electron chi connectivity index (χ1n) is 4.79. The van der Waals surface area contributed by atoms with Gasteiger partial charge in [0.2, 0.25) is 0 Å². The molecule has 0 bridgehead atoms. The van der Waals surface area contributed by atoms with Crippen molar-refractivity contribution in [3.05, 3.63) is 0 Å².